The van der Waals surface area contributed by atoms with E-state index in [9.17, 15) is 4.39 Å². The average Bonchev–Trinajstić information content (AvgIpc) is 2.69. The van der Waals surface area contributed by atoms with Gasteiger partial charge in [-0.2, -0.15) is 0 Å². The highest BCUT2D eigenvalue weighted by Gasteiger charge is 2.20. The van der Waals surface area contributed by atoms with Crippen LogP contribution >= 0.6 is 0 Å². The van der Waals surface area contributed by atoms with Crippen molar-refractivity contribution in [1.82, 2.24) is 0 Å². The maximum atomic E-state index is 12.9. The molecule has 1 aromatic heterocycles. The largest absolute Gasteiger partial charge is 0.461 e. The number of fused-ring (bicyclic) bond motifs is 1. The lowest BCUT2D eigenvalue weighted by atomic mass is 9.94. The topological polar surface area (TPSA) is 13.1 Å². The van der Waals surface area contributed by atoms with Crippen LogP contribution in [-0.2, 0) is 12.8 Å². The van der Waals surface area contributed by atoms with E-state index in [-0.39, 0.29) is 5.82 Å². The quantitative estimate of drug-likeness (QED) is 0.713. The predicted octanol–water partition coefficient (Wildman–Crippen LogP) is 4.27. The van der Waals surface area contributed by atoms with Gasteiger partial charge in [0.2, 0.25) is 0 Å². The van der Waals surface area contributed by atoms with Gasteiger partial charge in [-0.05, 0) is 61.6 Å². The number of rotatable bonds is 1. The smallest absolute Gasteiger partial charge is 0.137 e. The van der Waals surface area contributed by atoms with Gasteiger partial charge in [0.05, 0.1) is 0 Å². The second-order valence-electron chi connectivity index (χ2n) is 4.67. The fourth-order valence-electron chi connectivity index (χ4n) is 2.60. The van der Waals surface area contributed by atoms with Gasteiger partial charge in [-0.3, -0.25) is 0 Å². The van der Waals surface area contributed by atoms with E-state index >= 15 is 0 Å². The number of hydrogen-bond acceptors (Lipinski definition) is 1. The number of halogens is 1. The lowest BCUT2D eigenvalue weighted by Gasteiger charge is -2.08. The Hall–Kier alpha value is -1.57. The molecule has 2 heteroatoms. The van der Waals surface area contributed by atoms with Crippen molar-refractivity contribution >= 4 is 0 Å². The summed E-state index contributed by atoms with van der Waals surface area (Å²) in [6.07, 6.45) is 4.61. The summed E-state index contributed by atoms with van der Waals surface area (Å²) in [5.74, 6) is 1.84. The minimum atomic E-state index is -0.206. The molecule has 0 amide bonds. The maximum absolute atomic E-state index is 12.9. The molecule has 0 N–H and O–H groups in total. The first-order valence-electron chi connectivity index (χ1n) is 6.13. The minimum Gasteiger partial charge on any atom is -0.461 e. The molecule has 0 unspecified atom stereocenters. The third-order valence-corrected chi connectivity index (χ3v) is 3.54. The molecule has 0 fully saturated rings. The SMILES string of the molecule is Cc1c(-c2ccc(F)cc2)oc2c1CCCC2. The van der Waals surface area contributed by atoms with E-state index in [0.717, 1.165) is 29.9 Å². The third-order valence-electron chi connectivity index (χ3n) is 3.54. The lowest BCUT2D eigenvalue weighted by molar-refractivity contribution is 0.487. The normalized spacial score (nSPS) is 14.7. The Morgan fingerprint density at radius 1 is 1.06 bits per heavy atom. The van der Waals surface area contributed by atoms with Crippen LogP contribution in [0.2, 0.25) is 0 Å². The van der Waals surface area contributed by atoms with E-state index in [1.165, 1.54) is 36.1 Å². The molecule has 0 spiro atoms. The molecule has 1 nitrogen and oxygen atoms in total. The van der Waals surface area contributed by atoms with Crippen LogP contribution in [0, 0.1) is 12.7 Å². The van der Waals surface area contributed by atoms with Crippen LogP contribution in [0.5, 0.6) is 0 Å². The fourth-order valence-corrected chi connectivity index (χ4v) is 2.60. The highest BCUT2D eigenvalue weighted by Crippen LogP contribution is 2.35. The van der Waals surface area contributed by atoms with Gasteiger partial charge >= 0.3 is 0 Å². The van der Waals surface area contributed by atoms with E-state index in [2.05, 4.69) is 6.92 Å². The second-order valence-corrected chi connectivity index (χ2v) is 4.67. The molecule has 1 aliphatic rings. The van der Waals surface area contributed by atoms with Crippen LogP contribution in [0.15, 0.2) is 28.7 Å². The van der Waals surface area contributed by atoms with Crippen molar-refractivity contribution in [2.24, 2.45) is 0 Å². The summed E-state index contributed by atoms with van der Waals surface area (Å²) in [4.78, 5) is 0. The first kappa shape index (κ1) is 10.6. The Balaban J connectivity index is 2.09. The zero-order chi connectivity index (χ0) is 11.8. The van der Waals surface area contributed by atoms with Crippen LogP contribution in [-0.4, -0.2) is 0 Å². The van der Waals surface area contributed by atoms with Gasteiger partial charge in [-0.15, -0.1) is 0 Å². The van der Waals surface area contributed by atoms with Crippen molar-refractivity contribution in [1.29, 1.82) is 0 Å². The van der Waals surface area contributed by atoms with Gasteiger partial charge in [0.1, 0.15) is 17.3 Å². The zero-order valence-corrected chi connectivity index (χ0v) is 9.92. The number of aryl methyl sites for hydroxylation is 1. The first-order chi connectivity index (χ1) is 8.25. The van der Waals surface area contributed by atoms with Crippen LogP contribution < -0.4 is 0 Å². The average molecular weight is 230 g/mol. The van der Waals surface area contributed by atoms with Crippen LogP contribution in [0.25, 0.3) is 11.3 Å². The zero-order valence-electron chi connectivity index (χ0n) is 9.92. The van der Waals surface area contributed by atoms with E-state index in [0.29, 0.717) is 0 Å². The van der Waals surface area contributed by atoms with Gasteiger partial charge in [-0.1, -0.05) is 0 Å². The summed E-state index contributed by atoms with van der Waals surface area (Å²) in [5.41, 5.74) is 3.57. The molecule has 0 saturated heterocycles. The van der Waals surface area contributed by atoms with E-state index in [4.69, 9.17) is 4.42 Å². The summed E-state index contributed by atoms with van der Waals surface area (Å²) in [6, 6.07) is 6.53. The molecular weight excluding hydrogens is 215 g/mol. The Kier molecular flexibility index (Phi) is 2.50. The number of furan rings is 1. The number of benzene rings is 1. The monoisotopic (exact) mass is 230 g/mol. The molecule has 1 heterocycles. The summed E-state index contributed by atoms with van der Waals surface area (Å²) in [7, 11) is 0. The first-order valence-corrected chi connectivity index (χ1v) is 6.13. The Labute approximate surface area is 100 Å². The van der Waals surface area contributed by atoms with Crippen molar-refractivity contribution in [2.45, 2.75) is 32.6 Å². The summed E-state index contributed by atoms with van der Waals surface area (Å²) in [5, 5.41) is 0. The molecule has 0 saturated carbocycles. The van der Waals surface area contributed by atoms with Crippen LogP contribution in [0.1, 0.15) is 29.7 Å². The highest BCUT2D eigenvalue weighted by molar-refractivity contribution is 5.63. The van der Waals surface area contributed by atoms with Gasteiger partial charge in [-0.25, -0.2) is 4.39 Å². The van der Waals surface area contributed by atoms with Crippen molar-refractivity contribution in [3.63, 3.8) is 0 Å². The molecule has 2 aromatic rings. The summed E-state index contributed by atoms with van der Waals surface area (Å²) < 4.78 is 18.8. The molecule has 3 rings (SSSR count). The lowest BCUT2D eigenvalue weighted by Crippen LogP contribution is -1.99. The van der Waals surface area contributed by atoms with E-state index in [1.54, 1.807) is 12.1 Å². The van der Waals surface area contributed by atoms with Crippen molar-refractivity contribution < 1.29 is 8.81 Å². The fraction of sp³-hybridized carbons (Fsp3) is 0.333. The number of hydrogen-bond donors (Lipinski definition) is 0. The molecule has 88 valence electrons. The van der Waals surface area contributed by atoms with Crippen molar-refractivity contribution in [3.8, 4) is 11.3 Å². The van der Waals surface area contributed by atoms with Crippen LogP contribution in [0.4, 0.5) is 4.39 Å². The minimum absolute atomic E-state index is 0.206. The van der Waals surface area contributed by atoms with E-state index in [1.807, 2.05) is 0 Å². The molecule has 0 aliphatic heterocycles. The van der Waals surface area contributed by atoms with Gasteiger partial charge in [0.15, 0.2) is 0 Å². The van der Waals surface area contributed by atoms with Gasteiger partial charge in [0.25, 0.3) is 0 Å². The van der Waals surface area contributed by atoms with Crippen LogP contribution in [0.3, 0.4) is 0 Å². The second kappa shape index (κ2) is 4.02. The molecule has 0 radical (unpaired) electrons. The van der Waals surface area contributed by atoms with Crippen molar-refractivity contribution in [3.05, 3.63) is 47.0 Å². The molecular formula is C15H15FO. The third kappa shape index (κ3) is 1.78. The Bertz CT molecular complexity index is 537. The molecule has 0 bridgehead atoms. The predicted molar refractivity (Wildman–Crippen MR) is 65.5 cm³/mol. The standard InChI is InChI=1S/C15H15FO/c1-10-13-4-2-3-5-14(13)17-15(10)11-6-8-12(16)9-7-11/h6-9H,2-5H2,1H3. The van der Waals surface area contributed by atoms with Gasteiger partial charge < -0.3 is 4.42 Å². The Morgan fingerprint density at radius 3 is 2.47 bits per heavy atom. The Morgan fingerprint density at radius 2 is 1.76 bits per heavy atom. The molecule has 0 atom stereocenters. The van der Waals surface area contributed by atoms with E-state index < -0.39 is 0 Å². The molecule has 1 aliphatic carbocycles. The summed E-state index contributed by atoms with van der Waals surface area (Å²) in [6.45, 7) is 2.10. The van der Waals surface area contributed by atoms with Gasteiger partial charge in [0, 0.05) is 12.0 Å². The van der Waals surface area contributed by atoms with Crippen molar-refractivity contribution in [2.75, 3.05) is 0 Å². The maximum Gasteiger partial charge on any atom is 0.137 e. The summed E-state index contributed by atoms with van der Waals surface area (Å²) >= 11 is 0. The molecule has 17 heavy (non-hydrogen) atoms. The molecule has 1 aromatic carbocycles. The highest BCUT2D eigenvalue weighted by atomic mass is 19.1.